The average molecular weight is 489 g/mol. The first-order chi connectivity index (χ1) is 15.2. The van der Waals surface area contributed by atoms with Crippen molar-refractivity contribution < 1.29 is 14.3 Å². The zero-order chi connectivity index (χ0) is 23.3. The standard InChI is InChI=1S/C24H22Cl2N2O3S/c1-3-14(2)15-4-7-21(29)20(12-15)27-24(32)28-23(30)9-6-19-5-8-22(31-19)16-10-17(25)13-18(26)11-16/h4-14,29H,3H2,1-2H3,(H2,27,28,30,32)/b9-6+/t14-/m1/s1. The van der Waals surface area contributed by atoms with E-state index in [4.69, 9.17) is 39.8 Å². The predicted molar refractivity (Wildman–Crippen MR) is 134 cm³/mol. The second kappa shape index (κ2) is 10.7. The number of hydrogen-bond acceptors (Lipinski definition) is 4. The van der Waals surface area contributed by atoms with Gasteiger partial charge in [0.15, 0.2) is 5.11 Å². The Kier molecular flexibility index (Phi) is 7.96. The molecule has 1 aromatic heterocycles. The SMILES string of the molecule is CC[C@@H](C)c1ccc(O)c(NC(=S)NC(=O)/C=C/c2ccc(-c3cc(Cl)cc(Cl)c3)o2)c1. The Balaban J connectivity index is 1.61. The van der Waals surface area contributed by atoms with Crippen LogP contribution in [0.25, 0.3) is 17.4 Å². The van der Waals surface area contributed by atoms with Crippen LogP contribution < -0.4 is 10.6 Å². The second-order valence-electron chi connectivity index (χ2n) is 7.22. The first-order valence-corrected chi connectivity index (χ1v) is 11.1. The summed E-state index contributed by atoms with van der Waals surface area (Å²) in [4.78, 5) is 12.2. The summed E-state index contributed by atoms with van der Waals surface area (Å²) >= 11 is 17.3. The number of nitrogens with one attached hydrogen (secondary N) is 2. The number of phenolic OH excluding ortho intramolecular Hbond substituents is 1. The minimum absolute atomic E-state index is 0.0495. The number of aromatic hydroxyl groups is 1. The summed E-state index contributed by atoms with van der Waals surface area (Å²) in [5, 5.41) is 16.6. The fourth-order valence-corrected chi connectivity index (χ4v) is 3.69. The molecule has 3 N–H and O–H groups in total. The fourth-order valence-electron chi connectivity index (χ4n) is 2.95. The van der Waals surface area contributed by atoms with Crippen LogP contribution in [0.5, 0.6) is 5.75 Å². The lowest BCUT2D eigenvalue weighted by molar-refractivity contribution is -0.115. The molecule has 0 aliphatic rings. The summed E-state index contributed by atoms with van der Waals surface area (Å²) in [6.07, 6.45) is 3.79. The number of carbonyl (C=O) groups is 1. The highest BCUT2D eigenvalue weighted by Crippen LogP contribution is 2.30. The van der Waals surface area contributed by atoms with Crippen LogP contribution >= 0.6 is 35.4 Å². The van der Waals surface area contributed by atoms with Crippen LogP contribution in [0, 0.1) is 0 Å². The molecule has 166 valence electrons. The molecule has 0 aliphatic carbocycles. The Morgan fingerprint density at radius 1 is 1.16 bits per heavy atom. The molecule has 0 spiro atoms. The monoisotopic (exact) mass is 488 g/mol. The molecule has 8 heteroatoms. The molecule has 0 aliphatic heterocycles. The third-order valence-electron chi connectivity index (χ3n) is 4.86. The van der Waals surface area contributed by atoms with E-state index in [9.17, 15) is 9.90 Å². The Morgan fingerprint density at radius 2 is 1.88 bits per heavy atom. The number of thiocarbonyl (C=S) groups is 1. The van der Waals surface area contributed by atoms with Crippen molar-refractivity contribution in [2.24, 2.45) is 0 Å². The molecule has 3 aromatic rings. The number of anilines is 1. The normalized spacial score (nSPS) is 12.0. The Bertz CT molecular complexity index is 1150. The van der Waals surface area contributed by atoms with Crippen molar-refractivity contribution in [3.8, 4) is 17.1 Å². The summed E-state index contributed by atoms with van der Waals surface area (Å²) in [5.74, 6) is 0.993. The number of halogens is 2. The third kappa shape index (κ3) is 6.36. The molecular weight excluding hydrogens is 467 g/mol. The van der Waals surface area contributed by atoms with E-state index in [1.165, 1.54) is 12.2 Å². The van der Waals surface area contributed by atoms with Crippen molar-refractivity contribution in [1.29, 1.82) is 0 Å². The van der Waals surface area contributed by atoms with Gasteiger partial charge in [0.2, 0.25) is 5.91 Å². The molecule has 0 saturated carbocycles. The molecule has 1 amide bonds. The van der Waals surface area contributed by atoms with E-state index in [1.54, 1.807) is 36.4 Å². The summed E-state index contributed by atoms with van der Waals surface area (Å²) < 4.78 is 5.73. The number of benzene rings is 2. The van der Waals surface area contributed by atoms with Gasteiger partial charge in [-0.1, -0.05) is 43.1 Å². The maximum Gasteiger partial charge on any atom is 0.250 e. The van der Waals surface area contributed by atoms with Crippen LogP contribution in [-0.2, 0) is 4.79 Å². The lowest BCUT2D eigenvalue weighted by Gasteiger charge is -2.14. The molecule has 32 heavy (non-hydrogen) atoms. The zero-order valence-electron chi connectivity index (χ0n) is 17.5. The van der Waals surface area contributed by atoms with Gasteiger partial charge >= 0.3 is 0 Å². The lowest BCUT2D eigenvalue weighted by atomic mass is 9.98. The number of amides is 1. The highest BCUT2D eigenvalue weighted by molar-refractivity contribution is 7.80. The fraction of sp³-hybridized carbons (Fsp3) is 0.167. The topological polar surface area (TPSA) is 74.5 Å². The maximum absolute atomic E-state index is 12.2. The molecule has 0 unspecified atom stereocenters. The highest BCUT2D eigenvalue weighted by Gasteiger charge is 2.10. The van der Waals surface area contributed by atoms with E-state index < -0.39 is 5.91 Å². The van der Waals surface area contributed by atoms with Gasteiger partial charge in [-0.25, -0.2) is 0 Å². The lowest BCUT2D eigenvalue weighted by Crippen LogP contribution is -2.32. The molecule has 0 radical (unpaired) electrons. The van der Waals surface area contributed by atoms with Crippen molar-refractivity contribution in [2.45, 2.75) is 26.2 Å². The van der Waals surface area contributed by atoms with E-state index in [-0.39, 0.29) is 10.9 Å². The van der Waals surface area contributed by atoms with E-state index >= 15 is 0 Å². The van der Waals surface area contributed by atoms with Crippen molar-refractivity contribution in [3.05, 3.63) is 76.0 Å². The third-order valence-corrected chi connectivity index (χ3v) is 5.50. The van der Waals surface area contributed by atoms with Crippen molar-refractivity contribution in [1.82, 2.24) is 5.32 Å². The first kappa shape index (κ1) is 23.9. The van der Waals surface area contributed by atoms with E-state index in [2.05, 4.69) is 24.5 Å². The second-order valence-corrected chi connectivity index (χ2v) is 8.50. The van der Waals surface area contributed by atoms with Crippen molar-refractivity contribution in [2.75, 3.05) is 5.32 Å². The van der Waals surface area contributed by atoms with Gasteiger partial charge in [-0.2, -0.15) is 0 Å². The summed E-state index contributed by atoms with van der Waals surface area (Å²) in [6.45, 7) is 4.19. The van der Waals surface area contributed by atoms with Gasteiger partial charge in [0.25, 0.3) is 0 Å². The molecule has 1 atom stereocenters. The summed E-state index contributed by atoms with van der Waals surface area (Å²) in [6, 6.07) is 13.9. The number of carbonyl (C=O) groups excluding carboxylic acids is 1. The van der Waals surface area contributed by atoms with Crippen LogP contribution in [0.1, 0.15) is 37.5 Å². The maximum atomic E-state index is 12.2. The largest absolute Gasteiger partial charge is 0.506 e. The predicted octanol–water partition coefficient (Wildman–Crippen LogP) is 7.00. The van der Waals surface area contributed by atoms with Gasteiger partial charge in [0.05, 0.1) is 5.69 Å². The van der Waals surface area contributed by atoms with E-state index in [0.717, 1.165) is 17.5 Å². The van der Waals surface area contributed by atoms with Crippen LogP contribution in [0.4, 0.5) is 5.69 Å². The van der Waals surface area contributed by atoms with Gasteiger partial charge < -0.3 is 14.8 Å². The number of phenols is 1. The molecule has 0 bridgehead atoms. The highest BCUT2D eigenvalue weighted by atomic mass is 35.5. The average Bonchev–Trinajstić information content (AvgIpc) is 3.22. The van der Waals surface area contributed by atoms with E-state index in [0.29, 0.717) is 33.2 Å². The molecule has 2 aromatic carbocycles. The van der Waals surface area contributed by atoms with Crippen LogP contribution in [0.3, 0.4) is 0 Å². The smallest absolute Gasteiger partial charge is 0.250 e. The number of furan rings is 1. The molecular formula is C24H22Cl2N2O3S. The molecule has 3 rings (SSSR count). The van der Waals surface area contributed by atoms with Crippen molar-refractivity contribution in [3.63, 3.8) is 0 Å². The van der Waals surface area contributed by atoms with Gasteiger partial charge in [0.1, 0.15) is 17.3 Å². The van der Waals surface area contributed by atoms with Gasteiger partial charge in [-0.15, -0.1) is 0 Å². The van der Waals surface area contributed by atoms with Gasteiger partial charge in [-0.3, -0.25) is 10.1 Å². The minimum Gasteiger partial charge on any atom is -0.506 e. The van der Waals surface area contributed by atoms with Gasteiger partial charge in [0, 0.05) is 21.7 Å². The van der Waals surface area contributed by atoms with Crippen LogP contribution in [0.2, 0.25) is 10.0 Å². The van der Waals surface area contributed by atoms with Crippen LogP contribution in [0.15, 0.2) is 59.0 Å². The van der Waals surface area contributed by atoms with Crippen LogP contribution in [-0.4, -0.2) is 16.1 Å². The first-order valence-electron chi connectivity index (χ1n) is 9.94. The Labute approximate surface area is 202 Å². The molecule has 1 heterocycles. The molecule has 0 fully saturated rings. The summed E-state index contributed by atoms with van der Waals surface area (Å²) in [5.41, 5.74) is 2.24. The molecule has 5 nitrogen and oxygen atoms in total. The quantitative estimate of drug-likeness (QED) is 0.198. The molecule has 0 saturated heterocycles. The van der Waals surface area contributed by atoms with Gasteiger partial charge in [-0.05, 0) is 78.7 Å². The van der Waals surface area contributed by atoms with Crippen molar-refractivity contribution >= 4 is 58.2 Å². The Hall–Kier alpha value is -2.80. The number of rotatable bonds is 6. The summed E-state index contributed by atoms with van der Waals surface area (Å²) in [7, 11) is 0. The van der Waals surface area contributed by atoms with E-state index in [1.807, 2.05) is 12.1 Å². The Morgan fingerprint density at radius 3 is 2.56 bits per heavy atom. The zero-order valence-corrected chi connectivity index (χ0v) is 19.8. The minimum atomic E-state index is -0.441. The number of hydrogen-bond donors (Lipinski definition) is 3.